The van der Waals surface area contributed by atoms with Gasteiger partial charge in [-0.2, -0.15) is 8.62 Å². The third-order valence-corrected chi connectivity index (χ3v) is 7.58. The third-order valence-electron chi connectivity index (χ3n) is 3.77. The molecule has 0 aromatic carbocycles. The first-order chi connectivity index (χ1) is 13.4. The fourth-order valence-corrected chi connectivity index (χ4v) is 5.77. The second-order valence-electron chi connectivity index (χ2n) is 5.90. The topological polar surface area (TPSA) is 226 Å². The molecule has 15 nitrogen and oxygen atoms in total. The van der Waals surface area contributed by atoms with Crippen LogP contribution in [0.1, 0.15) is 19.1 Å². The molecule has 1 aliphatic rings. The second kappa shape index (κ2) is 8.14. The molecule has 18 heteroatoms. The fourth-order valence-electron chi connectivity index (χ4n) is 2.72. The van der Waals surface area contributed by atoms with Crippen molar-refractivity contribution in [2.75, 3.05) is 12.3 Å². The average molecular weight is 474 g/mol. The Hall–Kier alpha value is -1.21. The number of phosphoric acid groups is 3. The molecule has 6 N–H and O–H groups in total. The Morgan fingerprint density at radius 2 is 1.86 bits per heavy atom. The summed E-state index contributed by atoms with van der Waals surface area (Å²) in [6.45, 7) is -0.503. The van der Waals surface area contributed by atoms with Crippen LogP contribution in [0.2, 0.25) is 0 Å². The molecular weight excluding hydrogens is 457 g/mol. The minimum Gasteiger partial charge on any atom is -0.383 e. The molecule has 0 radical (unpaired) electrons. The maximum Gasteiger partial charge on any atom is 0.490 e. The van der Waals surface area contributed by atoms with Crippen molar-refractivity contribution in [3.05, 3.63) is 18.6 Å². The monoisotopic (exact) mass is 474 g/mol. The van der Waals surface area contributed by atoms with Crippen LogP contribution in [0.3, 0.4) is 0 Å². The largest absolute Gasteiger partial charge is 0.490 e. The smallest absolute Gasteiger partial charge is 0.383 e. The van der Waals surface area contributed by atoms with Crippen LogP contribution in [0.5, 0.6) is 0 Å². The van der Waals surface area contributed by atoms with Gasteiger partial charge in [-0.15, -0.1) is 0 Å². The maximum atomic E-state index is 11.7. The van der Waals surface area contributed by atoms with E-state index in [0.717, 1.165) is 0 Å². The van der Waals surface area contributed by atoms with Crippen LogP contribution in [0.15, 0.2) is 18.6 Å². The summed E-state index contributed by atoms with van der Waals surface area (Å²) >= 11 is 0. The van der Waals surface area contributed by atoms with Gasteiger partial charge in [-0.3, -0.25) is 4.52 Å². The Morgan fingerprint density at radius 3 is 2.55 bits per heavy atom. The van der Waals surface area contributed by atoms with Crippen LogP contribution in [0.25, 0.3) is 11.0 Å². The van der Waals surface area contributed by atoms with Crippen molar-refractivity contribution in [3.63, 3.8) is 0 Å². The minimum absolute atomic E-state index is 0.302. The fraction of sp³-hybridized carbons (Fsp3) is 0.455. The van der Waals surface area contributed by atoms with E-state index in [0.29, 0.717) is 29.7 Å². The molecule has 1 aliphatic heterocycles. The van der Waals surface area contributed by atoms with Gasteiger partial charge >= 0.3 is 23.5 Å². The van der Waals surface area contributed by atoms with Gasteiger partial charge in [0.15, 0.2) is 0 Å². The summed E-state index contributed by atoms with van der Waals surface area (Å²) in [7, 11) is -16.2. The molecule has 0 aliphatic carbocycles. The highest BCUT2D eigenvalue weighted by Crippen LogP contribution is 2.66. The van der Waals surface area contributed by atoms with Gasteiger partial charge in [-0.25, -0.2) is 23.7 Å². The van der Waals surface area contributed by atoms with E-state index < -0.39 is 42.4 Å². The second-order valence-corrected chi connectivity index (χ2v) is 10.3. The average Bonchev–Trinajstić information content (AvgIpc) is 3.16. The van der Waals surface area contributed by atoms with Crippen LogP contribution in [-0.2, 0) is 31.6 Å². The zero-order valence-corrected chi connectivity index (χ0v) is 17.1. The molecule has 1 saturated heterocycles. The number of hydrogen-bond donors (Lipinski definition) is 5. The number of ether oxygens (including phenoxy) is 1. The van der Waals surface area contributed by atoms with Gasteiger partial charge in [-0.05, 0) is 18.9 Å². The van der Waals surface area contributed by atoms with Crippen LogP contribution < -0.4 is 5.73 Å². The van der Waals surface area contributed by atoms with E-state index in [1.165, 1.54) is 6.33 Å². The van der Waals surface area contributed by atoms with Crippen molar-refractivity contribution in [1.29, 1.82) is 0 Å². The van der Waals surface area contributed by atoms with Crippen molar-refractivity contribution in [2.45, 2.75) is 25.2 Å². The van der Waals surface area contributed by atoms with Crippen molar-refractivity contribution in [2.24, 2.45) is 0 Å². The van der Waals surface area contributed by atoms with E-state index in [2.05, 4.69) is 23.1 Å². The lowest BCUT2D eigenvalue weighted by Crippen LogP contribution is -2.16. The summed E-state index contributed by atoms with van der Waals surface area (Å²) in [5, 5.41) is 0.632. The molecule has 0 saturated carbocycles. The molecule has 3 rings (SSSR count). The van der Waals surface area contributed by atoms with Crippen molar-refractivity contribution >= 4 is 40.3 Å². The summed E-state index contributed by atoms with van der Waals surface area (Å²) < 4.78 is 52.9. The Morgan fingerprint density at radius 1 is 1.14 bits per heavy atom. The van der Waals surface area contributed by atoms with E-state index >= 15 is 0 Å². The Bertz CT molecular complexity index is 1040. The molecule has 2 aromatic rings. The lowest BCUT2D eigenvalue weighted by atomic mass is 10.2. The van der Waals surface area contributed by atoms with Gasteiger partial charge in [0.05, 0.1) is 18.1 Å². The van der Waals surface area contributed by atoms with E-state index in [4.69, 9.17) is 25.2 Å². The molecule has 162 valence electrons. The lowest BCUT2D eigenvalue weighted by molar-refractivity contribution is -0.0202. The first-order valence-corrected chi connectivity index (χ1v) is 12.4. The molecule has 0 spiro atoms. The van der Waals surface area contributed by atoms with E-state index in [9.17, 15) is 18.6 Å². The molecular formula is C11H17N4O11P3. The van der Waals surface area contributed by atoms with Gasteiger partial charge in [0.25, 0.3) is 0 Å². The predicted molar refractivity (Wildman–Crippen MR) is 94.9 cm³/mol. The quantitative estimate of drug-likeness (QED) is 0.337. The van der Waals surface area contributed by atoms with Gasteiger partial charge < -0.3 is 34.6 Å². The van der Waals surface area contributed by atoms with Crippen LogP contribution in [0.4, 0.5) is 5.82 Å². The number of nitrogen functional groups attached to an aromatic ring is 1. The van der Waals surface area contributed by atoms with Gasteiger partial charge in [-0.1, -0.05) is 0 Å². The number of nitrogens with zero attached hydrogens (tertiary/aromatic N) is 3. The normalized spacial score (nSPS) is 24.4. The standard InChI is InChI=1S/C11H17N4O11P3/c12-10-8-3-4-15(11(8)14-6-13-10)9-2-1-7(24-9)5-23-28(19,20)26-29(21,22)25-27(16,17)18/h3-4,6-7,9H,1-2,5H2,(H,19,20)(H,21,22)(H2,12,13,14)(H2,16,17,18)/t7-,9?/m0/s1. The van der Waals surface area contributed by atoms with Crippen molar-refractivity contribution in [3.8, 4) is 0 Å². The summed E-state index contributed by atoms with van der Waals surface area (Å²) in [4.78, 5) is 43.6. The summed E-state index contributed by atoms with van der Waals surface area (Å²) in [6.07, 6.45) is 2.75. The number of aromatic nitrogens is 3. The number of nitrogens with two attached hydrogens (primary N) is 1. The van der Waals surface area contributed by atoms with Crippen LogP contribution >= 0.6 is 23.5 Å². The first kappa shape index (κ1) is 22.5. The summed E-state index contributed by atoms with van der Waals surface area (Å²) in [5.74, 6) is 0.302. The Balaban J connectivity index is 1.58. The Kier molecular flexibility index (Phi) is 6.31. The molecule has 3 unspecified atom stereocenters. The number of phosphoric ester groups is 1. The SMILES string of the molecule is Nc1ncnc2c1ccn2C1CC[C@@H](COP(=O)(O)OP(=O)(O)OP(=O)(O)O)O1. The van der Waals surface area contributed by atoms with Crippen LogP contribution in [0, 0.1) is 0 Å². The minimum atomic E-state index is -5.55. The zero-order chi connectivity index (χ0) is 21.4. The molecule has 1 fully saturated rings. The number of fused-ring (bicyclic) bond motifs is 1. The lowest BCUT2D eigenvalue weighted by Gasteiger charge is -2.19. The molecule has 2 aromatic heterocycles. The molecule has 4 atom stereocenters. The molecule has 3 heterocycles. The molecule has 0 amide bonds. The maximum absolute atomic E-state index is 11.7. The Labute approximate surface area is 162 Å². The highest BCUT2D eigenvalue weighted by atomic mass is 31.3. The highest BCUT2D eigenvalue weighted by Gasteiger charge is 2.41. The molecule has 0 bridgehead atoms. The number of anilines is 1. The molecule has 29 heavy (non-hydrogen) atoms. The van der Waals surface area contributed by atoms with Crippen molar-refractivity contribution in [1.82, 2.24) is 14.5 Å². The summed E-state index contributed by atoms with van der Waals surface area (Å²) in [5.41, 5.74) is 6.32. The van der Waals surface area contributed by atoms with Gasteiger partial charge in [0.2, 0.25) is 0 Å². The number of rotatable bonds is 8. The van der Waals surface area contributed by atoms with E-state index in [-0.39, 0.29) is 0 Å². The van der Waals surface area contributed by atoms with Crippen LogP contribution in [-0.4, -0.2) is 46.8 Å². The zero-order valence-electron chi connectivity index (χ0n) is 14.4. The van der Waals surface area contributed by atoms with Crippen molar-refractivity contribution < 1.29 is 51.2 Å². The van der Waals surface area contributed by atoms with E-state index in [1.54, 1.807) is 16.8 Å². The summed E-state index contributed by atoms with van der Waals surface area (Å²) in [6, 6.07) is 1.72. The first-order valence-electron chi connectivity index (χ1n) is 7.86. The van der Waals surface area contributed by atoms with Gasteiger partial charge in [0, 0.05) is 6.20 Å². The van der Waals surface area contributed by atoms with E-state index in [1.807, 2.05) is 0 Å². The highest BCUT2D eigenvalue weighted by molar-refractivity contribution is 7.66. The third kappa shape index (κ3) is 5.91. The predicted octanol–water partition coefficient (Wildman–Crippen LogP) is 1.03. The number of hydrogen-bond acceptors (Lipinski definition) is 10. The van der Waals surface area contributed by atoms with Gasteiger partial charge in [0.1, 0.15) is 24.0 Å².